The molecule has 7 heteroatoms. The minimum atomic E-state index is -2.36. The number of hydrogen-bond donors (Lipinski definition) is 1. The van der Waals surface area contributed by atoms with Gasteiger partial charge in [-0.2, -0.15) is 11.8 Å². The molecule has 1 rings (SSSR count). The van der Waals surface area contributed by atoms with Crippen molar-refractivity contribution in [1.29, 1.82) is 0 Å². The van der Waals surface area contributed by atoms with Crippen LogP contribution in [-0.4, -0.2) is 29.1 Å². The lowest BCUT2D eigenvalue weighted by molar-refractivity contribution is -0.169. The van der Waals surface area contributed by atoms with Gasteiger partial charge < -0.3 is 10.00 Å². The van der Waals surface area contributed by atoms with Crippen LogP contribution in [0.1, 0.15) is 6.42 Å². The van der Waals surface area contributed by atoms with E-state index >= 15 is 0 Å². The maximum atomic E-state index is 11.6. The van der Waals surface area contributed by atoms with Crippen molar-refractivity contribution in [3.05, 3.63) is 30.3 Å². The number of hydrogen-bond acceptors (Lipinski definition) is 5. The first-order valence-electron chi connectivity index (χ1n) is 5.26. The highest BCUT2D eigenvalue weighted by atomic mass is 32.2. The summed E-state index contributed by atoms with van der Waals surface area (Å²) in [5.74, 6) is -0.0185. The van der Waals surface area contributed by atoms with E-state index in [4.69, 9.17) is 9.63 Å². The molecule has 18 heavy (non-hydrogen) atoms. The molecule has 98 valence electrons. The molecule has 1 unspecified atom stereocenters. The van der Waals surface area contributed by atoms with Crippen LogP contribution in [-0.2, 0) is 4.79 Å². The Morgan fingerprint density at radius 2 is 2.22 bits per heavy atom. The van der Waals surface area contributed by atoms with Gasteiger partial charge in [-0.15, -0.1) is 0 Å². The van der Waals surface area contributed by atoms with Gasteiger partial charge in [-0.05, 0) is 30.6 Å². The summed E-state index contributed by atoms with van der Waals surface area (Å²) in [5, 5.41) is 8.93. The average Bonchev–Trinajstić information content (AvgIpc) is 2.35. The molecule has 0 saturated heterocycles. The second-order valence-corrected chi connectivity index (χ2v) is 5.27. The zero-order valence-corrected chi connectivity index (χ0v) is 11.6. The number of carboxylic acids is 1. The normalized spacial score (nSPS) is 13.1. The predicted molar refractivity (Wildman–Crippen MR) is 70.8 cm³/mol. The van der Waals surface area contributed by atoms with Crippen molar-refractivity contribution in [3.63, 3.8) is 0 Å². The van der Waals surface area contributed by atoms with E-state index in [9.17, 15) is 9.69 Å². The molecule has 0 aliphatic rings. The lowest BCUT2D eigenvalue weighted by atomic mass is 10.2. The molecule has 0 fully saturated rings. The van der Waals surface area contributed by atoms with Gasteiger partial charge in [-0.3, -0.25) is 4.52 Å². The summed E-state index contributed by atoms with van der Waals surface area (Å²) in [5.41, 5.74) is 0. The van der Waals surface area contributed by atoms with Crippen LogP contribution in [0, 0.1) is 0 Å². The summed E-state index contributed by atoms with van der Waals surface area (Å²) in [6.07, 6.45) is 2.22. The number of rotatable bonds is 7. The third kappa shape index (κ3) is 5.49. The van der Waals surface area contributed by atoms with E-state index in [1.807, 2.05) is 6.26 Å². The van der Waals surface area contributed by atoms with Crippen molar-refractivity contribution in [2.75, 3.05) is 12.0 Å². The SMILES string of the molecule is CSCC[C@H](N=[P+]([O-])Oc1ccccc1)C(=O)O. The highest BCUT2D eigenvalue weighted by Crippen LogP contribution is 2.24. The molecule has 0 amide bonds. The molecule has 0 saturated carbocycles. The first kappa shape index (κ1) is 15.0. The monoisotopic (exact) mass is 287 g/mol. The van der Waals surface area contributed by atoms with Gasteiger partial charge in [0, 0.05) is 0 Å². The maximum absolute atomic E-state index is 11.6. The molecular weight excluding hydrogens is 273 g/mol. The van der Waals surface area contributed by atoms with E-state index in [0.717, 1.165) is 0 Å². The second-order valence-electron chi connectivity index (χ2n) is 3.39. The zero-order chi connectivity index (χ0) is 13.4. The molecule has 1 aromatic carbocycles. The number of aliphatic carboxylic acids is 1. The van der Waals surface area contributed by atoms with Crippen LogP contribution in [0.25, 0.3) is 0 Å². The van der Waals surface area contributed by atoms with Gasteiger partial charge in [0.2, 0.25) is 0 Å². The van der Waals surface area contributed by atoms with Crippen LogP contribution in [0.4, 0.5) is 0 Å². The van der Waals surface area contributed by atoms with Gasteiger partial charge in [-0.1, -0.05) is 22.9 Å². The van der Waals surface area contributed by atoms with E-state index < -0.39 is 20.2 Å². The average molecular weight is 287 g/mol. The van der Waals surface area contributed by atoms with Crippen molar-refractivity contribution in [2.45, 2.75) is 12.5 Å². The lowest BCUT2D eigenvalue weighted by Crippen LogP contribution is -2.18. The van der Waals surface area contributed by atoms with E-state index in [0.29, 0.717) is 17.9 Å². The first-order valence-corrected chi connectivity index (χ1v) is 7.78. The Balaban J connectivity index is 2.64. The molecule has 0 aromatic heterocycles. The quantitative estimate of drug-likeness (QED) is 0.777. The van der Waals surface area contributed by atoms with Crippen LogP contribution in [0.2, 0.25) is 0 Å². The molecule has 0 spiro atoms. The molecule has 0 heterocycles. The van der Waals surface area contributed by atoms with Gasteiger partial charge in [0.05, 0.1) is 0 Å². The summed E-state index contributed by atoms with van der Waals surface area (Å²) in [4.78, 5) is 22.5. The number of carboxylic acid groups (broad SMARTS) is 1. The highest BCUT2D eigenvalue weighted by molar-refractivity contribution is 7.98. The van der Waals surface area contributed by atoms with E-state index in [1.165, 1.54) is 11.8 Å². The van der Waals surface area contributed by atoms with Gasteiger partial charge >= 0.3 is 14.1 Å². The first-order chi connectivity index (χ1) is 8.63. The number of para-hydroxylation sites is 1. The minimum absolute atomic E-state index is 0.343. The predicted octanol–water partition coefficient (Wildman–Crippen LogP) is 2.13. The Hall–Kier alpha value is -1.10. The summed E-state index contributed by atoms with van der Waals surface area (Å²) < 4.78 is 8.73. The third-order valence-electron chi connectivity index (χ3n) is 2.04. The fourth-order valence-electron chi connectivity index (χ4n) is 1.17. The van der Waals surface area contributed by atoms with Crippen LogP contribution in [0.5, 0.6) is 5.75 Å². The standard InChI is InChI=1S/C11H14NO4PS/c1-18-8-7-10(11(13)14)12-17(15)16-9-5-3-2-4-6-9/h2-6,10H,7-8H2,1H3,(H,13,14)/t10-/m0/s1. The molecule has 0 radical (unpaired) electrons. The summed E-state index contributed by atoms with van der Waals surface area (Å²) in [6, 6.07) is 7.57. The number of carbonyl (C=O) groups is 1. The fourth-order valence-corrected chi connectivity index (χ4v) is 2.42. The lowest BCUT2D eigenvalue weighted by Gasteiger charge is -2.04. The van der Waals surface area contributed by atoms with Gasteiger partial charge in [0.25, 0.3) is 0 Å². The van der Waals surface area contributed by atoms with Crippen molar-refractivity contribution in [2.24, 2.45) is 4.74 Å². The zero-order valence-electron chi connectivity index (χ0n) is 9.85. The topological polar surface area (TPSA) is 82.0 Å². The Kier molecular flexibility index (Phi) is 6.72. The minimum Gasteiger partial charge on any atom is -0.575 e. The number of benzene rings is 1. The molecule has 2 atom stereocenters. The largest absolute Gasteiger partial charge is 0.575 e. The van der Waals surface area contributed by atoms with E-state index in [1.54, 1.807) is 30.3 Å². The molecule has 0 aliphatic heterocycles. The summed E-state index contributed by atoms with van der Waals surface area (Å²) in [7, 11) is -2.36. The maximum Gasteiger partial charge on any atom is 0.395 e. The van der Waals surface area contributed by atoms with Gasteiger partial charge in [-0.25, -0.2) is 4.79 Å². The Morgan fingerprint density at radius 1 is 1.56 bits per heavy atom. The third-order valence-corrected chi connectivity index (χ3v) is 3.52. The van der Waals surface area contributed by atoms with Crippen molar-refractivity contribution < 1.29 is 19.3 Å². The van der Waals surface area contributed by atoms with Crippen LogP contribution in [0.15, 0.2) is 35.1 Å². The highest BCUT2D eigenvalue weighted by Gasteiger charge is 2.20. The van der Waals surface area contributed by atoms with Crippen LogP contribution >= 0.6 is 19.9 Å². The number of thioether (sulfide) groups is 1. The van der Waals surface area contributed by atoms with E-state index in [2.05, 4.69) is 4.74 Å². The van der Waals surface area contributed by atoms with Crippen molar-refractivity contribution in [1.82, 2.24) is 0 Å². The summed E-state index contributed by atoms with van der Waals surface area (Å²) in [6.45, 7) is 0. The molecular formula is C11H14NO4PS. The van der Waals surface area contributed by atoms with E-state index in [-0.39, 0.29) is 0 Å². The summed E-state index contributed by atoms with van der Waals surface area (Å²) >= 11 is 1.52. The fraction of sp³-hybridized carbons (Fsp3) is 0.364. The van der Waals surface area contributed by atoms with Crippen LogP contribution in [0.3, 0.4) is 0 Å². The molecule has 5 nitrogen and oxygen atoms in total. The van der Waals surface area contributed by atoms with Crippen LogP contribution < -0.4 is 9.42 Å². The van der Waals surface area contributed by atoms with Gasteiger partial charge in [0.1, 0.15) is 0 Å². The Bertz CT molecular complexity index is 413. The molecule has 1 aromatic rings. The molecule has 0 bridgehead atoms. The smallest absolute Gasteiger partial charge is 0.395 e. The van der Waals surface area contributed by atoms with Crippen molar-refractivity contribution in [3.8, 4) is 5.75 Å². The number of nitrogens with zero attached hydrogens (tertiary/aromatic N) is 1. The second kappa shape index (κ2) is 8.08. The molecule has 0 aliphatic carbocycles. The Labute approximate surface area is 111 Å². The van der Waals surface area contributed by atoms with Crippen molar-refractivity contribution >= 4 is 25.9 Å². The molecule has 1 N–H and O–H groups in total. The Morgan fingerprint density at radius 3 is 2.78 bits per heavy atom. The van der Waals surface area contributed by atoms with Gasteiger partial charge in [0.15, 0.2) is 11.8 Å².